The largest absolute Gasteiger partial charge is 0.371 e. The monoisotopic (exact) mass is 220 g/mol. The van der Waals surface area contributed by atoms with Crippen LogP contribution in [0.5, 0.6) is 0 Å². The Morgan fingerprint density at radius 3 is 2.62 bits per heavy atom. The fraction of sp³-hybridized carbons (Fsp3) is 0.538. The van der Waals surface area contributed by atoms with E-state index < -0.39 is 0 Å². The number of nitrogens with two attached hydrogens (primary N) is 1. The van der Waals surface area contributed by atoms with E-state index in [4.69, 9.17) is 10.7 Å². The number of anilines is 1. The van der Waals surface area contributed by atoms with Crippen molar-refractivity contribution in [3.63, 3.8) is 0 Å². The van der Waals surface area contributed by atoms with Crippen LogP contribution in [-0.4, -0.2) is 19.7 Å². The van der Waals surface area contributed by atoms with Crippen molar-refractivity contribution < 1.29 is 4.84 Å². The quantitative estimate of drug-likeness (QED) is 0.793. The average Bonchev–Trinajstić information content (AvgIpc) is 2.31. The van der Waals surface area contributed by atoms with E-state index in [0.29, 0.717) is 12.5 Å². The molecule has 2 N–H and O–H groups in total. The average molecular weight is 220 g/mol. The van der Waals surface area contributed by atoms with E-state index in [1.807, 2.05) is 0 Å². The van der Waals surface area contributed by atoms with Crippen molar-refractivity contribution in [2.24, 2.45) is 11.8 Å². The Kier molecular flexibility index (Phi) is 3.80. The molecule has 1 aliphatic rings. The van der Waals surface area contributed by atoms with E-state index in [-0.39, 0.29) is 0 Å². The Labute approximate surface area is 97.1 Å². The summed E-state index contributed by atoms with van der Waals surface area (Å²) in [6.07, 6.45) is 2.34. The molecule has 1 fully saturated rings. The molecule has 88 valence electrons. The van der Waals surface area contributed by atoms with Gasteiger partial charge in [0.1, 0.15) is 0 Å². The highest BCUT2D eigenvalue weighted by molar-refractivity contribution is 5.53. The number of rotatable bonds is 3. The lowest BCUT2D eigenvalue weighted by molar-refractivity contribution is 0.0918. The zero-order valence-electron chi connectivity index (χ0n) is 9.86. The zero-order chi connectivity index (χ0) is 11.4. The molecule has 1 aromatic carbocycles. The van der Waals surface area contributed by atoms with E-state index in [9.17, 15) is 0 Å². The minimum atomic E-state index is 0.630. The van der Waals surface area contributed by atoms with Crippen molar-refractivity contribution in [2.45, 2.75) is 19.8 Å². The lowest BCUT2D eigenvalue weighted by Gasteiger charge is -2.34. The summed E-state index contributed by atoms with van der Waals surface area (Å²) in [4.78, 5) is 7.19. The van der Waals surface area contributed by atoms with Gasteiger partial charge in [-0.25, -0.2) is 5.90 Å². The van der Waals surface area contributed by atoms with Crippen molar-refractivity contribution in [1.82, 2.24) is 0 Å². The van der Waals surface area contributed by atoms with E-state index in [1.165, 1.54) is 24.1 Å². The third kappa shape index (κ3) is 2.54. The molecule has 16 heavy (non-hydrogen) atoms. The molecule has 0 aliphatic carbocycles. The van der Waals surface area contributed by atoms with E-state index >= 15 is 0 Å². The summed E-state index contributed by atoms with van der Waals surface area (Å²) in [7, 11) is 0. The number of hydrogen-bond acceptors (Lipinski definition) is 3. The Bertz CT molecular complexity index is 332. The van der Waals surface area contributed by atoms with Crippen LogP contribution >= 0.6 is 0 Å². The second-order valence-electron chi connectivity index (χ2n) is 4.55. The van der Waals surface area contributed by atoms with Crippen LogP contribution in [0.4, 0.5) is 5.69 Å². The Balaban J connectivity index is 1.96. The fourth-order valence-corrected chi connectivity index (χ4v) is 2.39. The first kappa shape index (κ1) is 11.4. The molecule has 0 atom stereocenters. The second kappa shape index (κ2) is 5.32. The van der Waals surface area contributed by atoms with Gasteiger partial charge in [0.15, 0.2) is 0 Å². The van der Waals surface area contributed by atoms with E-state index in [0.717, 1.165) is 13.1 Å². The topological polar surface area (TPSA) is 38.5 Å². The smallest absolute Gasteiger partial charge is 0.0708 e. The molecule has 1 heterocycles. The second-order valence-corrected chi connectivity index (χ2v) is 4.55. The maximum Gasteiger partial charge on any atom is 0.0708 e. The molecular weight excluding hydrogens is 200 g/mol. The lowest BCUT2D eigenvalue weighted by atomic mass is 9.97. The molecular formula is C13H20N2O. The van der Waals surface area contributed by atoms with Crippen molar-refractivity contribution in [1.29, 1.82) is 0 Å². The summed E-state index contributed by atoms with van der Waals surface area (Å²) < 4.78 is 0. The van der Waals surface area contributed by atoms with Gasteiger partial charge in [-0.05, 0) is 37.3 Å². The van der Waals surface area contributed by atoms with Crippen LogP contribution in [0, 0.1) is 12.8 Å². The van der Waals surface area contributed by atoms with Gasteiger partial charge in [0.05, 0.1) is 6.61 Å². The highest BCUT2D eigenvalue weighted by atomic mass is 16.6. The van der Waals surface area contributed by atoms with Crippen LogP contribution in [0.2, 0.25) is 0 Å². The van der Waals surface area contributed by atoms with Gasteiger partial charge in [-0.1, -0.05) is 18.2 Å². The molecule has 0 bridgehead atoms. The minimum Gasteiger partial charge on any atom is -0.371 e. The number of para-hydroxylation sites is 1. The van der Waals surface area contributed by atoms with Gasteiger partial charge in [0.25, 0.3) is 0 Å². The number of piperidine rings is 1. The molecule has 0 saturated carbocycles. The SMILES string of the molecule is Cc1ccccc1N1CCC(CON)CC1. The molecule has 0 aromatic heterocycles. The molecule has 1 saturated heterocycles. The van der Waals surface area contributed by atoms with Crippen molar-refractivity contribution in [3.8, 4) is 0 Å². The van der Waals surface area contributed by atoms with Gasteiger partial charge in [-0.15, -0.1) is 0 Å². The van der Waals surface area contributed by atoms with Gasteiger partial charge in [-0.3, -0.25) is 0 Å². The fourth-order valence-electron chi connectivity index (χ4n) is 2.39. The van der Waals surface area contributed by atoms with Crippen LogP contribution in [0.1, 0.15) is 18.4 Å². The Morgan fingerprint density at radius 1 is 1.31 bits per heavy atom. The molecule has 3 heteroatoms. The van der Waals surface area contributed by atoms with Gasteiger partial charge >= 0.3 is 0 Å². The predicted octanol–water partition coefficient (Wildman–Crippen LogP) is 2.10. The van der Waals surface area contributed by atoms with Crippen LogP contribution in [0.15, 0.2) is 24.3 Å². The number of hydrogen-bond donors (Lipinski definition) is 1. The summed E-state index contributed by atoms with van der Waals surface area (Å²) in [6, 6.07) is 8.57. The third-order valence-electron chi connectivity index (χ3n) is 3.40. The molecule has 1 aromatic rings. The maximum atomic E-state index is 5.12. The summed E-state index contributed by atoms with van der Waals surface area (Å²) in [5, 5.41) is 0. The van der Waals surface area contributed by atoms with Crippen molar-refractivity contribution in [2.75, 3.05) is 24.6 Å². The molecule has 0 unspecified atom stereocenters. The van der Waals surface area contributed by atoms with Crippen LogP contribution in [-0.2, 0) is 4.84 Å². The van der Waals surface area contributed by atoms with Gasteiger partial charge in [0.2, 0.25) is 0 Å². The zero-order valence-corrected chi connectivity index (χ0v) is 9.86. The number of aryl methyl sites for hydroxylation is 1. The van der Waals surface area contributed by atoms with Gasteiger partial charge < -0.3 is 9.74 Å². The van der Waals surface area contributed by atoms with Crippen molar-refractivity contribution >= 4 is 5.69 Å². The first-order valence-corrected chi connectivity index (χ1v) is 5.93. The van der Waals surface area contributed by atoms with Gasteiger partial charge in [0, 0.05) is 18.8 Å². The Morgan fingerprint density at radius 2 is 2.00 bits per heavy atom. The van der Waals surface area contributed by atoms with Gasteiger partial charge in [-0.2, -0.15) is 0 Å². The predicted molar refractivity (Wildman–Crippen MR) is 66.3 cm³/mol. The summed E-state index contributed by atoms with van der Waals surface area (Å²) in [6.45, 7) is 5.09. The summed E-state index contributed by atoms with van der Waals surface area (Å²) >= 11 is 0. The molecule has 2 rings (SSSR count). The highest BCUT2D eigenvalue weighted by Gasteiger charge is 2.19. The third-order valence-corrected chi connectivity index (χ3v) is 3.40. The lowest BCUT2D eigenvalue weighted by Crippen LogP contribution is -2.35. The maximum absolute atomic E-state index is 5.12. The normalized spacial score (nSPS) is 17.8. The summed E-state index contributed by atoms with van der Waals surface area (Å²) in [5.41, 5.74) is 2.73. The number of nitrogens with zero attached hydrogens (tertiary/aromatic N) is 1. The van der Waals surface area contributed by atoms with Crippen LogP contribution in [0.3, 0.4) is 0 Å². The van der Waals surface area contributed by atoms with E-state index in [1.54, 1.807) is 0 Å². The molecule has 0 spiro atoms. The molecule has 1 aliphatic heterocycles. The van der Waals surface area contributed by atoms with E-state index in [2.05, 4.69) is 36.1 Å². The summed E-state index contributed by atoms with van der Waals surface area (Å²) in [5.74, 6) is 5.75. The van der Waals surface area contributed by atoms with Crippen molar-refractivity contribution in [3.05, 3.63) is 29.8 Å². The number of benzene rings is 1. The minimum absolute atomic E-state index is 0.630. The first-order valence-electron chi connectivity index (χ1n) is 5.93. The highest BCUT2D eigenvalue weighted by Crippen LogP contribution is 2.25. The van der Waals surface area contributed by atoms with Crippen LogP contribution < -0.4 is 10.8 Å². The molecule has 0 radical (unpaired) electrons. The first-order chi connectivity index (χ1) is 7.81. The van der Waals surface area contributed by atoms with Crippen LogP contribution in [0.25, 0.3) is 0 Å². The Hall–Kier alpha value is -1.06. The molecule has 0 amide bonds. The molecule has 3 nitrogen and oxygen atoms in total. The standard InChI is InChI=1S/C13H20N2O/c1-11-4-2-3-5-13(11)15-8-6-12(7-9-15)10-16-14/h2-5,12H,6-10,14H2,1H3.